The summed E-state index contributed by atoms with van der Waals surface area (Å²) in [5, 5.41) is 9.50. The summed E-state index contributed by atoms with van der Waals surface area (Å²) in [5.41, 5.74) is 1.31. The first-order chi connectivity index (χ1) is 10.6. The van der Waals surface area contributed by atoms with E-state index in [1.54, 1.807) is 30.6 Å². The lowest BCUT2D eigenvalue weighted by Gasteiger charge is -2.09. The summed E-state index contributed by atoms with van der Waals surface area (Å²) in [6.07, 6.45) is 3.71. The standard InChI is InChI=1S/C17H14F2N2O/c18-14-5-4-13(16(19)10-14)9-17-20-6-7-21(17)11-12-2-1-3-15(22)8-12/h1-8,10,22H,9,11H2. The van der Waals surface area contributed by atoms with Gasteiger partial charge in [-0.25, -0.2) is 13.8 Å². The highest BCUT2D eigenvalue weighted by Crippen LogP contribution is 2.16. The number of imidazole rings is 1. The molecule has 0 saturated carbocycles. The van der Waals surface area contributed by atoms with Gasteiger partial charge in [-0.05, 0) is 29.3 Å². The highest BCUT2D eigenvalue weighted by atomic mass is 19.1. The summed E-state index contributed by atoms with van der Waals surface area (Å²) in [7, 11) is 0. The number of phenols is 1. The van der Waals surface area contributed by atoms with Crippen molar-refractivity contribution in [1.82, 2.24) is 9.55 Å². The van der Waals surface area contributed by atoms with Crippen LogP contribution in [0.2, 0.25) is 0 Å². The van der Waals surface area contributed by atoms with E-state index in [0.29, 0.717) is 17.9 Å². The number of aromatic nitrogens is 2. The monoisotopic (exact) mass is 300 g/mol. The van der Waals surface area contributed by atoms with Crippen LogP contribution in [-0.4, -0.2) is 14.7 Å². The van der Waals surface area contributed by atoms with E-state index in [2.05, 4.69) is 4.98 Å². The Morgan fingerprint density at radius 3 is 2.73 bits per heavy atom. The lowest BCUT2D eigenvalue weighted by molar-refractivity contribution is 0.474. The lowest BCUT2D eigenvalue weighted by atomic mass is 10.1. The maximum absolute atomic E-state index is 13.7. The second kappa shape index (κ2) is 5.97. The molecule has 5 heteroatoms. The Morgan fingerprint density at radius 2 is 1.95 bits per heavy atom. The van der Waals surface area contributed by atoms with E-state index < -0.39 is 11.6 Å². The van der Waals surface area contributed by atoms with Crippen LogP contribution in [0.1, 0.15) is 17.0 Å². The Hall–Kier alpha value is -2.69. The summed E-state index contributed by atoms with van der Waals surface area (Å²) < 4.78 is 28.6. The fraction of sp³-hybridized carbons (Fsp3) is 0.118. The van der Waals surface area contributed by atoms with Crippen molar-refractivity contribution in [2.75, 3.05) is 0 Å². The minimum atomic E-state index is -0.593. The van der Waals surface area contributed by atoms with Crippen LogP contribution in [0.15, 0.2) is 54.9 Å². The fourth-order valence-electron chi connectivity index (χ4n) is 2.34. The van der Waals surface area contributed by atoms with Gasteiger partial charge in [0.05, 0.1) is 0 Å². The number of halogens is 2. The molecule has 3 nitrogen and oxygen atoms in total. The van der Waals surface area contributed by atoms with Crippen LogP contribution in [0, 0.1) is 11.6 Å². The molecule has 0 radical (unpaired) electrons. The first-order valence-electron chi connectivity index (χ1n) is 6.83. The maximum Gasteiger partial charge on any atom is 0.129 e. The molecule has 0 unspecified atom stereocenters. The summed E-state index contributed by atoms with van der Waals surface area (Å²) in [4.78, 5) is 4.23. The molecule has 1 aromatic heterocycles. The smallest absolute Gasteiger partial charge is 0.129 e. The Kier molecular flexibility index (Phi) is 3.87. The average Bonchev–Trinajstić information content (AvgIpc) is 2.89. The molecule has 3 aromatic rings. The minimum Gasteiger partial charge on any atom is -0.508 e. The van der Waals surface area contributed by atoms with Crippen molar-refractivity contribution >= 4 is 0 Å². The molecule has 112 valence electrons. The van der Waals surface area contributed by atoms with Gasteiger partial charge in [0.25, 0.3) is 0 Å². The third-order valence-electron chi connectivity index (χ3n) is 3.43. The first-order valence-corrected chi connectivity index (χ1v) is 6.83. The molecule has 22 heavy (non-hydrogen) atoms. The van der Waals surface area contributed by atoms with Crippen molar-refractivity contribution in [2.24, 2.45) is 0 Å². The van der Waals surface area contributed by atoms with E-state index >= 15 is 0 Å². The molecule has 0 amide bonds. The van der Waals surface area contributed by atoms with Crippen molar-refractivity contribution in [3.05, 3.63) is 83.4 Å². The highest BCUT2D eigenvalue weighted by molar-refractivity contribution is 5.28. The van der Waals surface area contributed by atoms with Crippen LogP contribution in [0.25, 0.3) is 0 Å². The Morgan fingerprint density at radius 1 is 1.09 bits per heavy atom. The molecule has 0 aliphatic heterocycles. The van der Waals surface area contributed by atoms with Crippen molar-refractivity contribution in [1.29, 1.82) is 0 Å². The Balaban J connectivity index is 1.83. The van der Waals surface area contributed by atoms with Gasteiger partial charge in [-0.1, -0.05) is 18.2 Å². The predicted octanol–water partition coefficient (Wildman–Crippen LogP) is 3.51. The molecule has 0 saturated heterocycles. The maximum atomic E-state index is 13.7. The third kappa shape index (κ3) is 3.14. The molecule has 3 rings (SSSR count). The molecule has 0 fully saturated rings. The summed E-state index contributed by atoms with van der Waals surface area (Å²) >= 11 is 0. The second-order valence-electron chi connectivity index (χ2n) is 5.05. The zero-order chi connectivity index (χ0) is 15.5. The number of hydrogen-bond acceptors (Lipinski definition) is 2. The number of phenolic OH excluding ortho intramolecular Hbond substituents is 1. The van der Waals surface area contributed by atoms with Gasteiger partial charge in [0.2, 0.25) is 0 Å². The molecule has 2 aromatic carbocycles. The molecule has 0 spiro atoms. The molecule has 0 aliphatic carbocycles. The van der Waals surface area contributed by atoms with Gasteiger partial charge in [0.1, 0.15) is 23.2 Å². The average molecular weight is 300 g/mol. The number of nitrogens with zero attached hydrogens (tertiary/aromatic N) is 2. The first kappa shape index (κ1) is 14.3. The quantitative estimate of drug-likeness (QED) is 0.800. The third-order valence-corrected chi connectivity index (χ3v) is 3.43. The van der Waals surface area contributed by atoms with Gasteiger partial charge in [-0.15, -0.1) is 0 Å². The van der Waals surface area contributed by atoms with Crippen molar-refractivity contribution in [3.63, 3.8) is 0 Å². The zero-order valence-corrected chi connectivity index (χ0v) is 11.7. The molecular weight excluding hydrogens is 286 g/mol. The van der Waals surface area contributed by atoms with E-state index in [1.165, 1.54) is 12.1 Å². The van der Waals surface area contributed by atoms with Crippen molar-refractivity contribution < 1.29 is 13.9 Å². The molecule has 1 N–H and O–H groups in total. The van der Waals surface area contributed by atoms with Crippen LogP contribution in [0.5, 0.6) is 5.75 Å². The van der Waals surface area contributed by atoms with E-state index in [9.17, 15) is 13.9 Å². The van der Waals surface area contributed by atoms with Crippen LogP contribution < -0.4 is 0 Å². The van der Waals surface area contributed by atoms with Crippen molar-refractivity contribution in [3.8, 4) is 5.75 Å². The van der Waals surface area contributed by atoms with E-state index in [1.807, 2.05) is 10.6 Å². The summed E-state index contributed by atoms with van der Waals surface area (Å²) in [6, 6.07) is 10.5. The lowest BCUT2D eigenvalue weighted by Crippen LogP contribution is -2.06. The van der Waals surface area contributed by atoms with Crippen molar-refractivity contribution in [2.45, 2.75) is 13.0 Å². The van der Waals surface area contributed by atoms with E-state index in [-0.39, 0.29) is 12.2 Å². The predicted molar refractivity (Wildman–Crippen MR) is 78.6 cm³/mol. The molecular formula is C17H14F2N2O. The number of hydrogen-bond donors (Lipinski definition) is 1. The fourth-order valence-corrected chi connectivity index (χ4v) is 2.34. The number of benzene rings is 2. The highest BCUT2D eigenvalue weighted by Gasteiger charge is 2.09. The van der Waals surface area contributed by atoms with E-state index in [0.717, 1.165) is 11.6 Å². The van der Waals surface area contributed by atoms with Gasteiger partial charge in [-0.3, -0.25) is 0 Å². The number of aromatic hydroxyl groups is 1. The zero-order valence-electron chi connectivity index (χ0n) is 11.7. The topological polar surface area (TPSA) is 38.0 Å². The minimum absolute atomic E-state index is 0.198. The Labute approximate surface area is 126 Å². The van der Waals surface area contributed by atoms with Crippen LogP contribution >= 0.6 is 0 Å². The van der Waals surface area contributed by atoms with Crippen LogP contribution in [0.3, 0.4) is 0 Å². The summed E-state index contributed by atoms with van der Waals surface area (Å²) in [5.74, 6) is -0.297. The Bertz CT molecular complexity index is 799. The second-order valence-corrected chi connectivity index (χ2v) is 5.05. The molecule has 0 bridgehead atoms. The van der Waals surface area contributed by atoms with E-state index in [4.69, 9.17) is 0 Å². The van der Waals surface area contributed by atoms with Crippen LogP contribution in [-0.2, 0) is 13.0 Å². The molecule has 0 aliphatic rings. The largest absolute Gasteiger partial charge is 0.508 e. The normalized spacial score (nSPS) is 10.8. The number of rotatable bonds is 4. The van der Waals surface area contributed by atoms with Gasteiger partial charge >= 0.3 is 0 Å². The van der Waals surface area contributed by atoms with Crippen LogP contribution in [0.4, 0.5) is 8.78 Å². The molecule has 1 heterocycles. The van der Waals surface area contributed by atoms with Gasteiger partial charge in [0, 0.05) is 31.4 Å². The summed E-state index contributed by atoms with van der Waals surface area (Å²) in [6.45, 7) is 0.520. The van der Waals surface area contributed by atoms with Gasteiger partial charge < -0.3 is 9.67 Å². The molecule has 0 atom stereocenters. The van der Waals surface area contributed by atoms with Gasteiger partial charge in [-0.2, -0.15) is 0 Å². The van der Waals surface area contributed by atoms with Gasteiger partial charge in [0.15, 0.2) is 0 Å². The SMILES string of the molecule is Oc1cccc(Cn2ccnc2Cc2ccc(F)cc2F)c1.